The molecule has 1 heterocycles. The molecule has 5 heteroatoms. The van der Waals surface area contributed by atoms with E-state index < -0.39 is 0 Å². The van der Waals surface area contributed by atoms with Crippen molar-refractivity contribution in [3.05, 3.63) is 17.7 Å². The van der Waals surface area contributed by atoms with Crippen molar-refractivity contribution >= 4 is 0 Å². The molecule has 140 valence electrons. The molecule has 2 atom stereocenters. The summed E-state index contributed by atoms with van der Waals surface area (Å²) < 4.78 is 10.5. The summed E-state index contributed by atoms with van der Waals surface area (Å²) in [6.45, 7) is 7.76. The predicted octanol–water partition coefficient (Wildman–Crippen LogP) is 3.11. The van der Waals surface area contributed by atoms with Crippen LogP contribution >= 0.6 is 0 Å². The summed E-state index contributed by atoms with van der Waals surface area (Å²) in [5, 5.41) is 10.0. The Morgan fingerprint density at radius 1 is 1.04 bits per heavy atom. The van der Waals surface area contributed by atoms with E-state index in [2.05, 4.69) is 16.7 Å². The Hall–Kier alpha value is -1.46. The molecule has 0 spiro atoms. The van der Waals surface area contributed by atoms with E-state index in [4.69, 9.17) is 9.47 Å². The van der Waals surface area contributed by atoms with Crippen LogP contribution in [0.5, 0.6) is 17.2 Å². The fraction of sp³-hybridized carbons (Fsp3) is 0.700. The molecular weight excluding hydrogens is 316 g/mol. The van der Waals surface area contributed by atoms with E-state index in [1.165, 1.54) is 25.7 Å². The predicted molar refractivity (Wildman–Crippen MR) is 99.5 cm³/mol. The maximum Gasteiger partial charge on any atom is 0.200 e. The molecule has 3 rings (SSSR count). The van der Waals surface area contributed by atoms with Gasteiger partial charge in [0.15, 0.2) is 11.5 Å². The normalized spacial score (nSPS) is 25.7. The molecule has 0 unspecified atom stereocenters. The highest BCUT2D eigenvalue weighted by Crippen LogP contribution is 2.37. The van der Waals surface area contributed by atoms with E-state index in [1.54, 1.807) is 14.2 Å². The summed E-state index contributed by atoms with van der Waals surface area (Å²) >= 11 is 0. The standard InChI is InChI=1S/C20H32N2O3/c1-15-5-4-6-17(11-15)22-9-7-21(8-10-22)14-16-12-18(24-2)20(23)19(13-16)25-3/h12-13,15,17,23H,4-11,14H2,1-3H3/t15-,17+/m1/s1. The second-order valence-electron chi connectivity index (χ2n) is 7.59. The number of nitrogens with zero attached hydrogens (tertiary/aromatic N) is 2. The van der Waals surface area contributed by atoms with Gasteiger partial charge in [-0.2, -0.15) is 0 Å². The lowest BCUT2D eigenvalue weighted by atomic mass is 9.86. The van der Waals surface area contributed by atoms with Crippen molar-refractivity contribution in [1.29, 1.82) is 0 Å². The first-order valence-electron chi connectivity index (χ1n) is 9.51. The summed E-state index contributed by atoms with van der Waals surface area (Å²) in [4.78, 5) is 5.18. The van der Waals surface area contributed by atoms with Gasteiger partial charge in [0.25, 0.3) is 0 Å². The van der Waals surface area contributed by atoms with Crippen molar-refractivity contribution in [2.45, 2.75) is 45.2 Å². The highest BCUT2D eigenvalue weighted by atomic mass is 16.5. The minimum atomic E-state index is 0.0741. The topological polar surface area (TPSA) is 45.2 Å². The van der Waals surface area contributed by atoms with Crippen molar-refractivity contribution in [1.82, 2.24) is 9.80 Å². The number of phenolic OH excluding ortho intramolecular Hbond substituents is 1. The van der Waals surface area contributed by atoms with Gasteiger partial charge in [-0.15, -0.1) is 0 Å². The first-order chi connectivity index (χ1) is 12.1. The summed E-state index contributed by atoms with van der Waals surface area (Å²) in [7, 11) is 3.14. The molecule has 2 aliphatic rings. The largest absolute Gasteiger partial charge is 0.502 e. The maximum atomic E-state index is 10.0. The molecule has 1 saturated carbocycles. The Morgan fingerprint density at radius 3 is 2.24 bits per heavy atom. The van der Waals surface area contributed by atoms with Gasteiger partial charge in [0, 0.05) is 38.8 Å². The third-order valence-corrected chi connectivity index (χ3v) is 5.78. The lowest BCUT2D eigenvalue weighted by Crippen LogP contribution is -2.50. The van der Waals surface area contributed by atoms with Crippen LogP contribution in [0.25, 0.3) is 0 Å². The number of hydrogen-bond acceptors (Lipinski definition) is 5. The van der Waals surface area contributed by atoms with Gasteiger partial charge in [-0.1, -0.05) is 19.8 Å². The van der Waals surface area contributed by atoms with Crippen molar-refractivity contribution in [2.24, 2.45) is 5.92 Å². The van der Waals surface area contributed by atoms with Gasteiger partial charge in [0.05, 0.1) is 14.2 Å². The monoisotopic (exact) mass is 348 g/mol. The number of piperazine rings is 1. The Balaban J connectivity index is 1.57. The molecule has 0 amide bonds. The van der Waals surface area contributed by atoms with E-state index in [9.17, 15) is 5.11 Å². The minimum absolute atomic E-state index is 0.0741. The summed E-state index contributed by atoms with van der Waals surface area (Å²) in [5.74, 6) is 1.91. The van der Waals surface area contributed by atoms with Gasteiger partial charge in [-0.25, -0.2) is 0 Å². The van der Waals surface area contributed by atoms with Gasteiger partial charge in [0.2, 0.25) is 5.75 Å². The van der Waals surface area contributed by atoms with Crippen LogP contribution in [-0.4, -0.2) is 61.3 Å². The number of ether oxygens (including phenoxy) is 2. The molecule has 0 radical (unpaired) electrons. The van der Waals surface area contributed by atoms with Crippen LogP contribution in [0, 0.1) is 5.92 Å². The number of rotatable bonds is 5. The number of aromatic hydroxyl groups is 1. The van der Waals surface area contributed by atoms with E-state index >= 15 is 0 Å². The molecule has 1 aliphatic heterocycles. The first kappa shape index (κ1) is 18.3. The quantitative estimate of drug-likeness (QED) is 0.886. The van der Waals surface area contributed by atoms with Crippen LogP contribution in [0.3, 0.4) is 0 Å². The summed E-state index contributed by atoms with van der Waals surface area (Å²) in [6.07, 6.45) is 5.53. The van der Waals surface area contributed by atoms with Crippen LogP contribution in [-0.2, 0) is 6.54 Å². The zero-order valence-corrected chi connectivity index (χ0v) is 15.8. The summed E-state index contributed by atoms with van der Waals surface area (Å²) in [6, 6.07) is 4.61. The Kier molecular flexibility index (Phi) is 6.07. The van der Waals surface area contributed by atoms with Crippen molar-refractivity contribution < 1.29 is 14.6 Å². The van der Waals surface area contributed by atoms with Crippen LogP contribution in [0.1, 0.15) is 38.2 Å². The molecule has 5 nitrogen and oxygen atoms in total. The van der Waals surface area contributed by atoms with Crippen molar-refractivity contribution in [3.8, 4) is 17.2 Å². The lowest BCUT2D eigenvalue weighted by molar-refractivity contribution is 0.0658. The van der Waals surface area contributed by atoms with Gasteiger partial charge in [0.1, 0.15) is 0 Å². The van der Waals surface area contributed by atoms with E-state index in [-0.39, 0.29) is 5.75 Å². The van der Waals surface area contributed by atoms with Gasteiger partial charge < -0.3 is 14.6 Å². The second kappa shape index (κ2) is 8.28. The van der Waals surface area contributed by atoms with Crippen molar-refractivity contribution in [3.63, 3.8) is 0 Å². The summed E-state index contributed by atoms with van der Waals surface area (Å²) in [5.41, 5.74) is 1.12. The maximum absolute atomic E-state index is 10.0. The smallest absolute Gasteiger partial charge is 0.200 e. The fourth-order valence-corrected chi connectivity index (χ4v) is 4.32. The minimum Gasteiger partial charge on any atom is -0.502 e. The Labute approximate surface area is 151 Å². The number of methoxy groups -OCH3 is 2. The fourth-order valence-electron chi connectivity index (χ4n) is 4.32. The average molecular weight is 348 g/mol. The van der Waals surface area contributed by atoms with Crippen LogP contribution in [0.2, 0.25) is 0 Å². The third-order valence-electron chi connectivity index (χ3n) is 5.78. The van der Waals surface area contributed by atoms with Gasteiger partial charge in [-0.05, 0) is 36.5 Å². The third kappa shape index (κ3) is 4.39. The molecule has 1 aromatic carbocycles. The molecule has 1 N–H and O–H groups in total. The number of hydrogen-bond donors (Lipinski definition) is 1. The van der Waals surface area contributed by atoms with Crippen LogP contribution in [0.4, 0.5) is 0 Å². The highest BCUT2D eigenvalue weighted by Gasteiger charge is 2.27. The zero-order chi connectivity index (χ0) is 17.8. The lowest BCUT2D eigenvalue weighted by Gasteiger charge is -2.42. The molecule has 1 aliphatic carbocycles. The highest BCUT2D eigenvalue weighted by molar-refractivity contribution is 5.52. The van der Waals surface area contributed by atoms with Crippen LogP contribution < -0.4 is 9.47 Å². The average Bonchev–Trinajstić information content (AvgIpc) is 2.63. The second-order valence-corrected chi connectivity index (χ2v) is 7.59. The van der Waals surface area contributed by atoms with E-state index in [0.717, 1.165) is 50.2 Å². The van der Waals surface area contributed by atoms with Crippen LogP contribution in [0.15, 0.2) is 12.1 Å². The number of benzene rings is 1. The van der Waals surface area contributed by atoms with E-state index in [1.807, 2.05) is 12.1 Å². The van der Waals surface area contributed by atoms with Gasteiger partial charge >= 0.3 is 0 Å². The zero-order valence-electron chi connectivity index (χ0n) is 15.8. The molecule has 1 saturated heterocycles. The molecular formula is C20H32N2O3. The SMILES string of the molecule is COc1cc(CN2CCN([C@H]3CCC[C@@H](C)C3)CC2)cc(OC)c1O. The Bertz CT molecular complexity index is 545. The molecule has 2 fully saturated rings. The number of phenols is 1. The first-order valence-corrected chi connectivity index (χ1v) is 9.51. The van der Waals surface area contributed by atoms with Crippen molar-refractivity contribution in [2.75, 3.05) is 40.4 Å². The molecule has 1 aromatic rings. The Morgan fingerprint density at radius 2 is 1.68 bits per heavy atom. The van der Waals surface area contributed by atoms with E-state index in [0.29, 0.717) is 11.5 Å². The van der Waals surface area contributed by atoms with Gasteiger partial charge in [-0.3, -0.25) is 9.80 Å². The molecule has 0 bridgehead atoms. The molecule has 25 heavy (non-hydrogen) atoms. The molecule has 0 aromatic heterocycles.